The van der Waals surface area contributed by atoms with Crippen LogP contribution >= 0.6 is 0 Å². The summed E-state index contributed by atoms with van der Waals surface area (Å²) in [5, 5.41) is 27.0. The molecule has 1 N–H and O–H groups in total. The highest BCUT2D eigenvalue weighted by atomic mass is 16.6. The van der Waals surface area contributed by atoms with Crippen molar-refractivity contribution in [2.45, 2.75) is 6.92 Å². The quantitative estimate of drug-likeness (QED) is 0.463. The Morgan fingerprint density at radius 1 is 1.57 bits per heavy atom. The molecular weight excluding hydrogens is 278 g/mol. The average molecular weight is 291 g/mol. The number of Topliss-reactive ketones (excluding diaryl/α,β-unsaturated/α-hetero) is 1. The van der Waals surface area contributed by atoms with Crippen LogP contribution in [0.25, 0.3) is 0 Å². The van der Waals surface area contributed by atoms with E-state index >= 15 is 0 Å². The minimum atomic E-state index is -1.21. The summed E-state index contributed by atoms with van der Waals surface area (Å²) in [7, 11) is 1.37. The van der Waals surface area contributed by atoms with Gasteiger partial charge in [-0.05, 0) is 19.1 Å². The fourth-order valence-corrected chi connectivity index (χ4v) is 1.53. The van der Waals surface area contributed by atoms with Crippen LogP contribution in [0.1, 0.15) is 6.92 Å². The van der Waals surface area contributed by atoms with Crippen LogP contribution < -0.4 is 9.47 Å². The van der Waals surface area contributed by atoms with E-state index in [0.29, 0.717) is 0 Å². The van der Waals surface area contributed by atoms with Crippen molar-refractivity contribution in [3.8, 4) is 17.6 Å². The summed E-state index contributed by atoms with van der Waals surface area (Å²) in [5.41, 5.74) is -0.447. The first-order chi connectivity index (χ1) is 9.90. The van der Waals surface area contributed by atoms with E-state index in [1.54, 1.807) is 6.07 Å². The maximum atomic E-state index is 11.7. The van der Waals surface area contributed by atoms with E-state index in [2.05, 4.69) is 0 Å². The number of nitrogens with zero attached hydrogens (tertiary/aromatic N) is 2. The van der Waals surface area contributed by atoms with Crippen molar-refractivity contribution in [3.63, 3.8) is 0 Å². The molecule has 0 aliphatic rings. The van der Waals surface area contributed by atoms with E-state index in [9.17, 15) is 14.9 Å². The topological polar surface area (TPSA) is 126 Å². The molecule has 0 aliphatic heterocycles. The van der Waals surface area contributed by atoms with E-state index in [0.717, 1.165) is 0 Å². The molecule has 0 spiro atoms. The van der Waals surface area contributed by atoms with Gasteiger partial charge in [0.15, 0.2) is 11.5 Å². The van der Waals surface area contributed by atoms with Gasteiger partial charge in [0.25, 0.3) is 0 Å². The molecule has 0 aromatic heterocycles. The fraction of sp³-hybridized carbons (Fsp3) is 0.308. The Morgan fingerprint density at radius 2 is 2.24 bits per heavy atom. The van der Waals surface area contributed by atoms with Gasteiger partial charge in [0, 0.05) is 5.71 Å². The Hall–Kier alpha value is -2.95. The van der Waals surface area contributed by atoms with Crippen molar-refractivity contribution in [1.29, 1.82) is 10.7 Å². The van der Waals surface area contributed by atoms with E-state index in [-0.39, 0.29) is 22.9 Å². The molecule has 0 fully saturated rings. The molecule has 0 radical (unpaired) electrons. The highest BCUT2D eigenvalue weighted by molar-refractivity contribution is 6.05. The summed E-state index contributed by atoms with van der Waals surface area (Å²) < 4.78 is 9.97. The number of nitriles is 1. The van der Waals surface area contributed by atoms with Crippen LogP contribution in [0.15, 0.2) is 18.2 Å². The van der Waals surface area contributed by atoms with Gasteiger partial charge in [-0.2, -0.15) is 5.26 Å². The lowest BCUT2D eigenvalue weighted by molar-refractivity contribution is -0.385. The molecule has 0 aliphatic carbocycles. The highest BCUT2D eigenvalue weighted by Crippen LogP contribution is 2.31. The first-order valence-electron chi connectivity index (χ1n) is 5.83. The smallest absolute Gasteiger partial charge is 0.314 e. The lowest BCUT2D eigenvalue weighted by Crippen LogP contribution is -2.25. The number of nitro groups is 1. The molecule has 1 aromatic carbocycles. The standard InChI is InChI=1S/C13H13N3O5/c1-8(15)10(6-14)12(17)7-21-13-4-3-9(20-2)5-11(13)16(18)19/h3-5,10,15H,7H2,1-2H3. The zero-order valence-corrected chi connectivity index (χ0v) is 11.5. The molecule has 1 atom stereocenters. The third kappa shape index (κ3) is 4.01. The van der Waals surface area contributed by atoms with Gasteiger partial charge in [-0.25, -0.2) is 0 Å². The second-order valence-electron chi connectivity index (χ2n) is 4.09. The predicted octanol–water partition coefficient (Wildman–Crippen LogP) is 1.73. The van der Waals surface area contributed by atoms with Crippen LogP contribution in [-0.4, -0.2) is 30.1 Å². The van der Waals surface area contributed by atoms with E-state index < -0.39 is 23.2 Å². The number of methoxy groups -OCH3 is 1. The van der Waals surface area contributed by atoms with Crippen molar-refractivity contribution >= 4 is 17.2 Å². The maximum absolute atomic E-state index is 11.7. The second-order valence-corrected chi connectivity index (χ2v) is 4.09. The summed E-state index contributed by atoms with van der Waals surface area (Å²) in [4.78, 5) is 22.0. The van der Waals surface area contributed by atoms with Crippen LogP contribution in [0.5, 0.6) is 11.5 Å². The van der Waals surface area contributed by atoms with Crippen LogP contribution in [0.4, 0.5) is 5.69 Å². The number of carbonyl (C=O) groups excluding carboxylic acids is 1. The van der Waals surface area contributed by atoms with Gasteiger partial charge >= 0.3 is 5.69 Å². The van der Waals surface area contributed by atoms with Crippen LogP contribution in [0, 0.1) is 32.8 Å². The van der Waals surface area contributed by atoms with E-state index in [1.165, 1.54) is 32.2 Å². The zero-order valence-electron chi connectivity index (χ0n) is 11.5. The first kappa shape index (κ1) is 16.1. The molecule has 0 saturated carbocycles. The lowest BCUT2D eigenvalue weighted by atomic mass is 10.0. The van der Waals surface area contributed by atoms with Crippen LogP contribution in [0.2, 0.25) is 0 Å². The largest absolute Gasteiger partial charge is 0.496 e. The van der Waals surface area contributed by atoms with E-state index in [1.807, 2.05) is 0 Å². The zero-order chi connectivity index (χ0) is 16.0. The number of nitro benzene ring substituents is 1. The lowest BCUT2D eigenvalue weighted by Gasteiger charge is -2.09. The summed E-state index contributed by atoms with van der Waals surface area (Å²) >= 11 is 0. The molecule has 0 amide bonds. The minimum absolute atomic E-state index is 0.102. The molecule has 1 rings (SSSR count). The van der Waals surface area contributed by atoms with Crippen molar-refractivity contribution in [2.75, 3.05) is 13.7 Å². The maximum Gasteiger partial charge on any atom is 0.314 e. The SMILES string of the molecule is COc1ccc(OCC(=O)C(C#N)C(C)=N)c([N+](=O)[O-])c1. The van der Waals surface area contributed by atoms with Crippen molar-refractivity contribution in [1.82, 2.24) is 0 Å². The Bertz CT molecular complexity index is 621. The van der Waals surface area contributed by atoms with Crippen molar-refractivity contribution < 1.29 is 19.2 Å². The van der Waals surface area contributed by atoms with Gasteiger partial charge in [0.1, 0.15) is 18.3 Å². The number of carbonyl (C=O) groups is 1. The normalized spacial score (nSPS) is 11.1. The van der Waals surface area contributed by atoms with Crippen LogP contribution in [-0.2, 0) is 4.79 Å². The number of rotatable bonds is 7. The third-order valence-corrected chi connectivity index (χ3v) is 2.62. The number of hydrogen-bond acceptors (Lipinski definition) is 7. The number of ketones is 1. The average Bonchev–Trinajstić information content (AvgIpc) is 2.45. The Labute approximate surface area is 120 Å². The monoisotopic (exact) mass is 291 g/mol. The molecule has 110 valence electrons. The minimum Gasteiger partial charge on any atom is -0.496 e. The molecule has 0 heterocycles. The number of hydrogen-bond donors (Lipinski definition) is 1. The van der Waals surface area contributed by atoms with Gasteiger partial charge in [0.05, 0.1) is 24.2 Å². The summed E-state index contributed by atoms with van der Waals surface area (Å²) in [6, 6.07) is 5.62. The Kier molecular flexibility index (Phi) is 5.37. The Morgan fingerprint density at radius 3 is 2.71 bits per heavy atom. The number of nitrogens with one attached hydrogen (secondary N) is 1. The summed E-state index contributed by atoms with van der Waals surface area (Å²) in [6.07, 6.45) is 0. The Balaban J connectivity index is 2.89. The second kappa shape index (κ2) is 7.00. The van der Waals surface area contributed by atoms with Crippen LogP contribution in [0.3, 0.4) is 0 Å². The molecular formula is C13H13N3O5. The van der Waals surface area contributed by atoms with Gasteiger partial charge in [-0.3, -0.25) is 14.9 Å². The highest BCUT2D eigenvalue weighted by Gasteiger charge is 2.23. The molecule has 1 aromatic rings. The van der Waals surface area contributed by atoms with Gasteiger partial charge in [-0.1, -0.05) is 0 Å². The molecule has 21 heavy (non-hydrogen) atoms. The van der Waals surface area contributed by atoms with Gasteiger partial charge in [0.2, 0.25) is 0 Å². The molecule has 1 unspecified atom stereocenters. The van der Waals surface area contributed by atoms with Crippen molar-refractivity contribution in [3.05, 3.63) is 28.3 Å². The first-order valence-corrected chi connectivity index (χ1v) is 5.83. The number of benzene rings is 1. The summed E-state index contributed by atoms with van der Waals surface area (Å²) in [6.45, 7) is 0.809. The van der Waals surface area contributed by atoms with Gasteiger partial charge in [-0.15, -0.1) is 0 Å². The third-order valence-electron chi connectivity index (χ3n) is 2.62. The fourth-order valence-electron chi connectivity index (χ4n) is 1.53. The predicted molar refractivity (Wildman–Crippen MR) is 72.7 cm³/mol. The van der Waals surface area contributed by atoms with E-state index in [4.69, 9.17) is 20.1 Å². The number of ether oxygens (including phenoxy) is 2. The van der Waals surface area contributed by atoms with Crippen molar-refractivity contribution in [2.24, 2.45) is 5.92 Å². The molecule has 0 bridgehead atoms. The molecule has 8 nitrogen and oxygen atoms in total. The molecule has 8 heteroatoms. The van der Waals surface area contributed by atoms with Gasteiger partial charge < -0.3 is 14.9 Å². The summed E-state index contributed by atoms with van der Waals surface area (Å²) in [5.74, 6) is -1.66. The molecule has 0 saturated heterocycles.